The molecule has 1 N–H and O–H groups in total. The van der Waals surface area contributed by atoms with Gasteiger partial charge in [-0.2, -0.15) is 0 Å². The first-order valence-electron chi connectivity index (χ1n) is 6.53. The van der Waals surface area contributed by atoms with Gasteiger partial charge in [0.1, 0.15) is 6.04 Å². The maximum absolute atomic E-state index is 11.6. The summed E-state index contributed by atoms with van der Waals surface area (Å²) >= 11 is 0. The summed E-state index contributed by atoms with van der Waals surface area (Å²) in [6.45, 7) is 5.24. The third-order valence-electron chi connectivity index (χ3n) is 2.77. The van der Waals surface area contributed by atoms with Gasteiger partial charge in [-0.3, -0.25) is 0 Å². The van der Waals surface area contributed by atoms with Crippen LogP contribution in [-0.4, -0.2) is 31.8 Å². The van der Waals surface area contributed by atoms with E-state index in [1.54, 1.807) is 13.8 Å². The minimum absolute atomic E-state index is 0.269. The molecule has 5 nitrogen and oxygen atoms in total. The molecule has 0 saturated carbocycles. The molecule has 0 fully saturated rings. The quantitative estimate of drug-likeness (QED) is 0.846. The number of carbonyl (C=O) groups excluding carboxylic acids is 1. The molecular formula is C14H19NO4. The summed E-state index contributed by atoms with van der Waals surface area (Å²) < 4.78 is 16.1. The molecule has 19 heavy (non-hydrogen) atoms. The van der Waals surface area contributed by atoms with Gasteiger partial charge in [-0.1, -0.05) is 0 Å². The number of benzene rings is 1. The number of hydrogen-bond acceptors (Lipinski definition) is 5. The van der Waals surface area contributed by atoms with Crippen LogP contribution in [0.5, 0.6) is 11.5 Å². The summed E-state index contributed by atoms with van der Waals surface area (Å²) in [5.41, 5.74) is 0.810. The first-order chi connectivity index (χ1) is 9.20. The predicted molar refractivity (Wildman–Crippen MR) is 71.8 cm³/mol. The topological polar surface area (TPSA) is 56.8 Å². The molecule has 0 radical (unpaired) electrons. The normalized spacial score (nSPS) is 15.3. The molecule has 0 aromatic heterocycles. The third kappa shape index (κ3) is 3.53. The van der Waals surface area contributed by atoms with Crippen LogP contribution in [0.15, 0.2) is 18.2 Å². The van der Waals surface area contributed by atoms with Crippen LogP contribution < -0.4 is 14.8 Å². The van der Waals surface area contributed by atoms with Gasteiger partial charge in [-0.15, -0.1) is 0 Å². The van der Waals surface area contributed by atoms with Crippen molar-refractivity contribution in [3.63, 3.8) is 0 Å². The Bertz CT molecular complexity index is 447. The Balaban J connectivity index is 2.05. The van der Waals surface area contributed by atoms with Gasteiger partial charge in [-0.25, -0.2) is 4.79 Å². The van der Waals surface area contributed by atoms with E-state index >= 15 is 0 Å². The molecule has 1 atom stereocenters. The highest BCUT2D eigenvalue weighted by molar-refractivity contribution is 5.79. The van der Waals surface area contributed by atoms with Crippen LogP contribution in [0, 0.1) is 0 Å². The van der Waals surface area contributed by atoms with E-state index in [0.29, 0.717) is 25.6 Å². The number of carbonyl (C=O) groups is 1. The molecule has 2 rings (SSSR count). The molecule has 1 aliphatic rings. The van der Waals surface area contributed by atoms with Gasteiger partial charge in [0.05, 0.1) is 19.8 Å². The zero-order chi connectivity index (χ0) is 13.7. The SMILES string of the molecule is CCOC(=O)C(C)Nc1ccc2c(c1)OCCCO2. The summed E-state index contributed by atoms with van der Waals surface area (Å²) in [7, 11) is 0. The van der Waals surface area contributed by atoms with Crippen LogP contribution in [0.3, 0.4) is 0 Å². The minimum Gasteiger partial charge on any atom is -0.490 e. The highest BCUT2D eigenvalue weighted by Gasteiger charge is 2.15. The van der Waals surface area contributed by atoms with Gasteiger partial charge in [0.15, 0.2) is 11.5 Å². The van der Waals surface area contributed by atoms with Crippen molar-refractivity contribution in [2.45, 2.75) is 26.3 Å². The number of ether oxygens (including phenoxy) is 3. The van der Waals surface area contributed by atoms with E-state index in [9.17, 15) is 4.79 Å². The van der Waals surface area contributed by atoms with Gasteiger partial charge in [0.2, 0.25) is 0 Å². The number of rotatable bonds is 4. The average Bonchev–Trinajstić information content (AvgIpc) is 2.63. The Morgan fingerprint density at radius 2 is 2.11 bits per heavy atom. The average molecular weight is 265 g/mol. The lowest BCUT2D eigenvalue weighted by Crippen LogP contribution is -2.28. The zero-order valence-corrected chi connectivity index (χ0v) is 11.3. The van der Waals surface area contributed by atoms with Crippen molar-refractivity contribution in [3.05, 3.63) is 18.2 Å². The van der Waals surface area contributed by atoms with Crippen molar-refractivity contribution in [3.8, 4) is 11.5 Å². The fourth-order valence-corrected chi connectivity index (χ4v) is 1.83. The van der Waals surface area contributed by atoms with Crippen molar-refractivity contribution in [2.75, 3.05) is 25.1 Å². The predicted octanol–water partition coefficient (Wildman–Crippen LogP) is 2.21. The van der Waals surface area contributed by atoms with Crippen LogP contribution >= 0.6 is 0 Å². The number of nitrogens with one attached hydrogen (secondary N) is 1. The Kier molecular flexibility index (Phi) is 4.49. The molecule has 0 aliphatic carbocycles. The standard InChI is InChI=1S/C14H19NO4/c1-3-17-14(16)10(2)15-11-5-6-12-13(9-11)19-8-4-7-18-12/h5-6,9-10,15H,3-4,7-8H2,1-2H3. The van der Waals surface area contributed by atoms with Crippen molar-refractivity contribution in [1.29, 1.82) is 0 Å². The van der Waals surface area contributed by atoms with E-state index in [-0.39, 0.29) is 5.97 Å². The van der Waals surface area contributed by atoms with E-state index in [1.807, 2.05) is 18.2 Å². The second kappa shape index (κ2) is 6.31. The maximum atomic E-state index is 11.6. The second-order valence-corrected chi connectivity index (χ2v) is 4.33. The summed E-state index contributed by atoms with van der Waals surface area (Å²) in [4.78, 5) is 11.6. The van der Waals surface area contributed by atoms with E-state index in [1.165, 1.54) is 0 Å². The fourth-order valence-electron chi connectivity index (χ4n) is 1.83. The second-order valence-electron chi connectivity index (χ2n) is 4.33. The molecular weight excluding hydrogens is 246 g/mol. The molecule has 1 unspecified atom stereocenters. The summed E-state index contributed by atoms with van der Waals surface area (Å²) in [5, 5.41) is 3.09. The number of hydrogen-bond donors (Lipinski definition) is 1. The van der Waals surface area contributed by atoms with Gasteiger partial charge < -0.3 is 19.5 Å². The number of fused-ring (bicyclic) bond motifs is 1. The number of anilines is 1. The Labute approximate surface area is 112 Å². The molecule has 5 heteroatoms. The van der Waals surface area contributed by atoms with Crippen molar-refractivity contribution in [2.24, 2.45) is 0 Å². The fraction of sp³-hybridized carbons (Fsp3) is 0.500. The van der Waals surface area contributed by atoms with E-state index in [4.69, 9.17) is 14.2 Å². The molecule has 1 aliphatic heterocycles. The molecule has 0 bridgehead atoms. The maximum Gasteiger partial charge on any atom is 0.328 e. The molecule has 1 aromatic rings. The molecule has 1 heterocycles. The van der Waals surface area contributed by atoms with Crippen molar-refractivity contribution >= 4 is 11.7 Å². The molecule has 104 valence electrons. The largest absolute Gasteiger partial charge is 0.490 e. The Morgan fingerprint density at radius 1 is 1.37 bits per heavy atom. The van der Waals surface area contributed by atoms with E-state index in [2.05, 4.69) is 5.32 Å². The highest BCUT2D eigenvalue weighted by atomic mass is 16.5. The van der Waals surface area contributed by atoms with Crippen molar-refractivity contribution in [1.82, 2.24) is 0 Å². The Hall–Kier alpha value is -1.91. The summed E-state index contributed by atoms with van der Waals surface area (Å²) in [5.74, 6) is 1.18. The molecule has 0 spiro atoms. The van der Waals surface area contributed by atoms with Gasteiger partial charge >= 0.3 is 5.97 Å². The molecule has 0 saturated heterocycles. The summed E-state index contributed by atoms with van der Waals surface area (Å²) in [6, 6.07) is 5.16. The van der Waals surface area contributed by atoms with Crippen LogP contribution in [0.1, 0.15) is 20.3 Å². The smallest absolute Gasteiger partial charge is 0.328 e. The minimum atomic E-state index is -0.398. The lowest BCUT2D eigenvalue weighted by atomic mass is 10.2. The highest BCUT2D eigenvalue weighted by Crippen LogP contribution is 2.32. The molecule has 0 amide bonds. The molecule has 1 aromatic carbocycles. The summed E-state index contributed by atoms with van der Waals surface area (Å²) in [6.07, 6.45) is 0.872. The van der Waals surface area contributed by atoms with Crippen LogP contribution in [0.2, 0.25) is 0 Å². The van der Waals surface area contributed by atoms with Crippen molar-refractivity contribution < 1.29 is 19.0 Å². The van der Waals surface area contributed by atoms with Crippen LogP contribution in [-0.2, 0) is 9.53 Å². The monoisotopic (exact) mass is 265 g/mol. The first kappa shape index (κ1) is 13.5. The first-order valence-corrected chi connectivity index (χ1v) is 6.53. The van der Waals surface area contributed by atoms with Crippen LogP contribution in [0.4, 0.5) is 5.69 Å². The van der Waals surface area contributed by atoms with E-state index in [0.717, 1.165) is 17.9 Å². The van der Waals surface area contributed by atoms with Gasteiger partial charge in [-0.05, 0) is 26.0 Å². The third-order valence-corrected chi connectivity index (χ3v) is 2.77. The zero-order valence-electron chi connectivity index (χ0n) is 11.3. The van der Waals surface area contributed by atoms with Gasteiger partial charge in [0, 0.05) is 18.2 Å². The van der Waals surface area contributed by atoms with Gasteiger partial charge in [0.25, 0.3) is 0 Å². The number of esters is 1. The lowest BCUT2D eigenvalue weighted by molar-refractivity contribution is -0.143. The lowest BCUT2D eigenvalue weighted by Gasteiger charge is -2.15. The van der Waals surface area contributed by atoms with Crippen LogP contribution in [0.25, 0.3) is 0 Å². The van der Waals surface area contributed by atoms with E-state index < -0.39 is 6.04 Å². The Morgan fingerprint density at radius 3 is 2.84 bits per heavy atom.